The molecule has 1 saturated heterocycles. The lowest BCUT2D eigenvalue weighted by Crippen LogP contribution is -2.37. The predicted octanol–water partition coefficient (Wildman–Crippen LogP) is 2.43. The van der Waals surface area contributed by atoms with Gasteiger partial charge in [-0.3, -0.25) is 14.5 Å². The first-order valence-corrected chi connectivity index (χ1v) is 8.05. The van der Waals surface area contributed by atoms with Crippen LogP contribution in [0.4, 0.5) is 5.69 Å². The maximum absolute atomic E-state index is 12.5. The first-order valence-electron chi connectivity index (χ1n) is 8.05. The predicted molar refractivity (Wildman–Crippen MR) is 83.9 cm³/mol. The molecule has 2 fully saturated rings. The highest BCUT2D eigenvalue weighted by molar-refractivity contribution is 6.06. The molecule has 4 atom stereocenters. The minimum absolute atomic E-state index is 0.00419. The fraction of sp³-hybridized carbons (Fsp3) is 0.444. The highest BCUT2D eigenvalue weighted by Crippen LogP contribution is 2.52. The third-order valence-corrected chi connectivity index (χ3v) is 5.37. The number of allylic oxidation sites excluding steroid dienone is 2. The van der Waals surface area contributed by atoms with Gasteiger partial charge in [0.25, 0.3) is 0 Å². The van der Waals surface area contributed by atoms with Crippen molar-refractivity contribution in [2.75, 3.05) is 12.0 Å². The fourth-order valence-electron chi connectivity index (χ4n) is 4.15. The van der Waals surface area contributed by atoms with Gasteiger partial charge in [-0.2, -0.15) is 0 Å². The Morgan fingerprint density at radius 3 is 2.18 bits per heavy atom. The van der Waals surface area contributed by atoms with E-state index in [1.54, 1.807) is 0 Å². The summed E-state index contributed by atoms with van der Waals surface area (Å²) in [4.78, 5) is 26.5. The molecule has 2 amide bonds. The van der Waals surface area contributed by atoms with Crippen molar-refractivity contribution in [1.82, 2.24) is 4.90 Å². The average molecular weight is 296 g/mol. The van der Waals surface area contributed by atoms with E-state index in [0.29, 0.717) is 0 Å². The van der Waals surface area contributed by atoms with Gasteiger partial charge in [-0.05, 0) is 42.4 Å². The number of rotatable bonds is 4. The monoisotopic (exact) mass is 296 g/mol. The first-order chi connectivity index (χ1) is 10.7. The van der Waals surface area contributed by atoms with Crippen LogP contribution in [-0.4, -0.2) is 23.4 Å². The highest BCUT2D eigenvalue weighted by atomic mass is 16.2. The van der Waals surface area contributed by atoms with Crippen LogP contribution in [0.3, 0.4) is 0 Å². The van der Waals surface area contributed by atoms with Crippen molar-refractivity contribution in [1.29, 1.82) is 0 Å². The summed E-state index contributed by atoms with van der Waals surface area (Å²) in [6.07, 6.45) is 6.23. The third-order valence-electron chi connectivity index (χ3n) is 5.37. The van der Waals surface area contributed by atoms with Crippen LogP contribution in [0, 0.1) is 23.7 Å². The van der Waals surface area contributed by atoms with Crippen LogP contribution in [-0.2, 0) is 16.0 Å². The summed E-state index contributed by atoms with van der Waals surface area (Å²) in [5.41, 5.74) is 2.21. The van der Waals surface area contributed by atoms with Crippen molar-refractivity contribution in [2.45, 2.75) is 19.8 Å². The Balaban J connectivity index is 1.45. The Labute approximate surface area is 130 Å². The molecule has 3 aliphatic rings. The number of fused-ring (bicyclic) bond motifs is 5. The lowest BCUT2D eigenvalue weighted by atomic mass is 9.85. The Hall–Kier alpha value is -2.10. The molecule has 0 radical (unpaired) electrons. The quantitative estimate of drug-likeness (QED) is 0.686. The smallest absolute Gasteiger partial charge is 0.235 e. The molecule has 4 heteroatoms. The van der Waals surface area contributed by atoms with Gasteiger partial charge in [0, 0.05) is 5.69 Å². The molecule has 1 aromatic rings. The van der Waals surface area contributed by atoms with Crippen LogP contribution in [0.1, 0.15) is 18.9 Å². The molecule has 0 unspecified atom stereocenters. The summed E-state index contributed by atoms with van der Waals surface area (Å²) in [6.45, 7) is 2.39. The number of hydrogen-bond donors (Lipinski definition) is 1. The number of nitrogens with zero attached hydrogens (tertiary/aromatic N) is 1. The third kappa shape index (κ3) is 1.90. The van der Waals surface area contributed by atoms with E-state index in [1.165, 1.54) is 10.5 Å². The zero-order valence-corrected chi connectivity index (χ0v) is 12.7. The van der Waals surface area contributed by atoms with E-state index in [2.05, 4.69) is 36.5 Å². The van der Waals surface area contributed by atoms with Gasteiger partial charge in [0.15, 0.2) is 0 Å². The van der Waals surface area contributed by atoms with E-state index in [4.69, 9.17) is 0 Å². The fourth-order valence-corrected chi connectivity index (χ4v) is 4.15. The van der Waals surface area contributed by atoms with Crippen molar-refractivity contribution in [2.24, 2.45) is 23.7 Å². The van der Waals surface area contributed by atoms with Crippen molar-refractivity contribution >= 4 is 17.5 Å². The summed E-state index contributed by atoms with van der Waals surface area (Å²) in [7, 11) is 0. The summed E-state index contributed by atoms with van der Waals surface area (Å²) in [5, 5.41) is 3.20. The normalized spacial score (nSPS) is 32.0. The second-order valence-corrected chi connectivity index (χ2v) is 6.49. The largest absolute Gasteiger partial charge is 0.367 e. The summed E-state index contributed by atoms with van der Waals surface area (Å²) in [6, 6.07) is 8.12. The molecular weight excluding hydrogens is 276 g/mol. The molecule has 0 spiro atoms. The van der Waals surface area contributed by atoms with Gasteiger partial charge in [-0.1, -0.05) is 31.2 Å². The maximum atomic E-state index is 12.5. The molecule has 1 aromatic carbocycles. The molecule has 114 valence electrons. The summed E-state index contributed by atoms with van der Waals surface area (Å²) >= 11 is 0. The molecule has 0 aromatic heterocycles. The van der Waals surface area contributed by atoms with Crippen molar-refractivity contribution in [3.8, 4) is 0 Å². The molecule has 22 heavy (non-hydrogen) atoms. The Kier molecular flexibility index (Phi) is 3.06. The number of carbonyl (C=O) groups excluding carboxylic acids is 2. The first kappa shape index (κ1) is 13.6. The van der Waals surface area contributed by atoms with E-state index in [-0.39, 0.29) is 42.2 Å². The molecule has 1 heterocycles. The lowest BCUT2D eigenvalue weighted by molar-refractivity contribution is -0.140. The van der Waals surface area contributed by atoms with Crippen LogP contribution in [0.2, 0.25) is 0 Å². The molecular formula is C18H20N2O2. The number of aryl methyl sites for hydroxylation is 1. The number of benzene rings is 1. The molecule has 1 aliphatic heterocycles. The van der Waals surface area contributed by atoms with Gasteiger partial charge < -0.3 is 5.32 Å². The number of hydrogen-bond acceptors (Lipinski definition) is 3. The summed E-state index contributed by atoms with van der Waals surface area (Å²) in [5.74, 6) is 0.355. The van der Waals surface area contributed by atoms with Gasteiger partial charge in [-0.15, -0.1) is 0 Å². The zero-order chi connectivity index (χ0) is 15.3. The zero-order valence-electron chi connectivity index (χ0n) is 12.7. The van der Waals surface area contributed by atoms with Crippen LogP contribution < -0.4 is 5.32 Å². The number of likely N-dealkylation sites (tertiary alicyclic amines) is 1. The number of anilines is 1. The maximum Gasteiger partial charge on any atom is 0.235 e. The number of carbonyl (C=O) groups is 2. The average Bonchev–Trinajstić information content (AvgIpc) is 3.21. The number of imide groups is 1. The van der Waals surface area contributed by atoms with Gasteiger partial charge in [-0.25, -0.2) is 0 Å². The van der Waals surface area contributed by atoms with Gasteiger partial charge in [0.2, 0.25) is 11.8 Å². The van der Waals surface area contributed by atoms with Crippen LogP contribution >= 0.6 is 0 Å². The van der Waals surface area contributed by atoms with Gasteiger partial charge >= 0.3 is 0 Å². The van der Waals surface area contributed by atoms with Crippen molar-refractivity contribution in [3.05, 3.63) is 42.0 Å². The molecule has 1 saturated carbocycles. The SMILES string of the molecule is CCc1ccc(NCN2C(=O)[C@@H]3[C@@H](C2=O)[C@H]2C=C[C@H]3C2)cc1. The summed E-state index contributed by atoms with van der Waals surface area (Å²) < 4.78 is 0. The topological polar surface area (TPSA) is 49.4 Å². The molecule has 2 aliphatic carbocycles. The van der Waals surface area contributed by atoms with Crippen LogP contribution in [0.15, 0.2) is 36.4 Å². The van der Waals surface area contributed by atoms with E-state index in [9.17, 15) is 9.59 Å². The number of nitrogens with one attached hydrogen (secondary N) is 1. The Morgan fingerprint density at radius 2 is 1.64 bits per heavy atom. The molecule has 2 bridgehead atoms. The van der Waals surface area contributed by atoms with Gasteiger partial charge in [0.1, 0.15) is 0 Å². The van der Waals surface area contributed by atoms with Crippen molar-refractivity contribution in [3.63, 3.8) is 0 Å². The van der Waals surface area contributed by atoms with E-state index < -0.39 is 0 Å². The molecule has 4 rings (SSSR count). The standard InChI is InChI=1S/C18H20N2O2/c1-2-11-3-7-14(8-4-11)19-10-20-17(21)15-12-5-6-13(9-12)16(15)18(20)22/h3-8,12-13,15-16,19H,2,9-10H2,1H3/t12-,13-,15-,16-/m0/s1. The minimum atomic E-state index is -0.105. The Morgan fingerprint density at radius 1 is 1.05 bits per heavy atom. The lowest BCUT2D eigenvalue weighted by Gasteiger charge is -2.18. The van der Waals surface area contributed by atoms with Crippen molar-refractivity contribution < 1.29 is 9.59 Å². The van der Waals surface area contributed by atoms with Crippen LogP contribution in [0.25, 0.3) is 0 Å². The van der Waals surface area contributed by atoms with E-state index >= 15 is 0 Å². The van der Waals surface area contributed by atoms with E-state index in [0.717, 1.165) is 18.5 Å². The number of amides is 2. The van der Waals surface area contributed by atoms with Gasteiger partial charge in [0.05, 0.1) is 18.5 Å². The highest BCUT2D eigenvalue weighted by Gasteiger charge is 2.59. The molecule has 4 nitrogen and oxygen atoms in total. The van der Waals surface area contributed by atoms with Crippen LogP contribution in [0.5, 0.6) is 0 Å². The second-order valence-electron chi connectivity index (χ2n) is 6.49. The minimum Gasteiger partial charge on any atom is -0.367 e. The second kappa shape index (κ2) is 4.97. The Bertz CT molecular complexity index is 620. The van der Waals surface area contributed by atoms with E-state index in [1.807, 2.05) is 12.1 Å². The molecule has 1 N–H and O–H groups in total.